The second-order valence-corrected chi connectivity index (χ2v) is 5.98. The number of amides is 2. The maximum Gasteiger partial charge on any atom is 0.405 e. The lowest BCUT2D eigenvalue weighted by Gasteiger charge is -2.27. The van der Waals surface area contributed by atoms with Crippen LogP contribution in [0.1, 0.15) is 11.3 Å². The van der Waals surface area contributed by atoms with Crippen molar-refractivity contribution in [1.29, 1.82) is 0 Å². The lowest BCUT2D eigenvalue weighted by molar-refractivity contribution is -0.131. The lowest BCUT2D eigenvalue weighted by Crippen LogP contribution is -2.42. The fourth-order valence-corrected chi connectivity index (χ4v) is 2.90. The van der Waals surface area contributed by atoms with Crippen LogP contribution in [0, 0.1) is 0 Å². The maximum absolute atomic E-state index is 12.1. The molecular formula is C15H15ClN4O5. The molecule has 2 amide bonds. The Kier molecular flexibility index (Phi) is 4.41. The molecule has 1 aromatic carbocycles. The summed E-state index contributed by atoms with van der Waals surface area (Å²) >= 11 is 5.91. The van der Waals surface area contributed by atoms with Gasteiger partial charge in [0, 0.05) is 42.4 Å². The van der Waals surface area contributed by atoms with Gasteiger partial charge in [-0.25, -0.2) is 4.79 Å². The van der Waals surface area contributed by atoms with Gasteiger partial charge in [-0.15, -0.1) is 0 Å². The Morgan fingerprint density at radius 2 is 2.08 bits per heavy atom. The highest BCUT2D eigenvalue weighted by Crippen LogP contribution is 2.39. The lowest BCUT2D eigenvalue weighted by atomic mass is 10.00. The summed E-state index contributed by atoms with van der Waals surface area (Å²) in [5.74, 6) is -0.788. The number of rotatable bonds is 3. The summed E-state index contributed by atoms with van der Waals surface area (Å²) in [6, 6.07) is 2.52. The highest BCUT2D eigenvalue weighted by molar-refractivity contribution is 6.32. The number of aromatic amines is 1. The zero-order valence-corrected chi connectivity index (χ0v) is 13.7. The molecule has 5 N–H and O–H groups in total. The molecule has 2 aromatic rings. The zero-order chi connectivity index (χ0) is 18.1. The van der Waals surface area contributed by atoms with E-state index in [4.69, 9.17) is 16.7 Å². The summed E-state index contributed by atoms with van der Waals surface area (Å²) in [4.78, 5) is 24.1. The van der Waals surface area contributed by atoms with E-state index in [0.29, 0.717) is 29.8 Å². The molecule has 0 fully saturated rings. The molecule has 1 aliphatic heterocycles. The molecule has 25 heavy (non-hydrogen) atoms. The average Bonchev–Trinajstić information content (AvgIpc) is 2.98. The van der Waals surface area contributed by atoms with Gasteiger partial charge in [0.2, 0.25) is 5.91 Å². The Labute approximate surface area is 146 Å². The van der Waals surface area contributed by atoms with E-state index in [-0.39, 0.29) is 35.5 Å². The SMILES string of the molecule is O=C(O)NCC(=O)N1CCc2[nH]nc(-c3cc(Cl)c(O)cc3O)c2C1. The number of hydrogen-bond donors (Lipinski definition) is 5. The Balaban J connectivity index is 1.88. The Morgan fingerprint density at radius 1 is 1.32 bits per heavy atom. The van der Waals surface area contributed by atoms with Gasteiger partial charge in [0.1, 0.15) is 23.7 Å². The number of nitrogens with one attached hydrogen (secondary N) is 2. The van der Waals surface area contributed by atoms with Gasteiger partial charge in [-0.2, -0.15) is 5.10 Å². The molecule has 10 heteroatoms. The fourth-order valence-electron chi connectivity index (χ4n) is 2.73. The van der Waals surface area contributed by atoms with Crippen molar-refractivity contribution in [1.82, 2.24) is 20.4 Å². The van der Waals surface area contributed by atoms with Gasteiger partial charge in [0.15, 0.2) is 0 Å². The van der Waals surface area contributed by atoms with E-state index in [1.807, 2.05) is 5.32 Å². The topological polar surface area (TPSA) is 139 Å². The van der Waals surface area contributed by atoms with E-state index in [1.165, 1.54) is 11.0 Å². The molecule has 0 bridgehead atoms. The summed E-state index contributed by atoms with van der Waals surface area (Å²) in [6.07, 6.45) is -0.744. The minimum Gasteiger partial charge on any atom is -0.507 e. The number of carbonyl (C=O) groups excluding carboxylic acids is 1. The number of phenols is 2. The third-order valence-electron chi connectivity index (χ3n) is 4.00. The van der Waals surface area contributed by atoms with Gasteiger partial charge in [-0.05, 0) is 6.07 Å². The smallest absolute Gasteiger partial charge is 0.405 e. The molecule has 1 aromatic heterocycles. The van der Waals surface area contributed by atoms with Crippen molar-refractivity contribution in [2.75, 3.05) is 13.1 Å². The number of nitrogens with zero attached hydrogens (tertiary/aromatic N) is 2. The third-order valence-corrected chi connectivity index (χ3v) is 4.30. The molecular weight excluding hydrogens is 352 g/mol. The molecule has 132 valence electrons. The molecule has 9 nitrogen and oxygen atoms in total. The molecule has 0 radical (unpaired) electrons. The van der Waals surface area contributed by atoms with Crippen LogP contribution in [0.15, 0.2) is 12.1 Å². The number of fused-ring (bicyclic) bond motifs is 1. The van der Waals surface area contributed by atoms with Crippen molar-refractivity contribution >= 4 is 23.6 Å². The molecule has 0 aliphatic carbocycles. The molecule has 0 spiro atoms. The van der Waals surface area contributed by atoms with E-state index >= 15 is 0 Å². The standard InChI is InChI=1S/C15H15ClN4O5/c16-9-3-7(11(21)4-12(9)22)14-8-6-20(2-1-10(8)18-19-14)13(23)5-17-15(24)25/h3-4,17,21-22H,1-2,5-6H2,(H,18,19)(H,24,25). The van der Waals surface area contributed by atoms with Crippen molar-refractivity contribution in [2.45, 2.75) is 13.0 Å². The van der Waals surface area contributed by atoms with Crippen molar-refractivity contribution in [3.8, 4) is 22.8 Å². The molecule has 0 unspecified atom stereocenters. The number of aromatic nitrogens is 2. The number of benzene rings is 1. The van der Waals surface area contributed by atoms with Gasteiger partial charge in [0.05, 0.1) is 5.02 Å². The largest absolute Gasteiger partial charge is 0.507 e. The quantitative estimate of drug-likeness (QED) is 0.554. The number of carboxylic acid groups (broad SMARTS) is 1. The van der Waals surface area contributed by atoms with Crippen LogP contribution in [0.4, 0.5) is 4.79 Å². The van der Waals surface area contributed by atoms with Crippen LogP contribution in [0.2, 0.25) is 5.02 Å². The monoisotopic (exact) mass is 366 g/mol. The van der Waals surface area contributed by atoms with Crippen LogP contribution in [-0.4, -0.2) is 55.5 Å². The van der Waals surface area contributed by atoms with Gasteiger partial charge in [-0.3, -0.25) is 9.89 Å². The summed E-state index contributed by atoms with van der Waals surface area (Å²) in [6.45, 7) is 0.338. The van der Waals surface area contributed by atoms with Crippen LogP contribution in [0.3, 0.4) is 0 Å². The highest BCUT2D eigenvalue weighted by atomic mass is 35.5. The van der Waals surface area contributed by atoms with Crippen LogP contribution < -0.4 is 5.32 Å². The predicted molar refractivity (Wildman–Crippen MR) is 87.5 cm³/mol. The third kappa shape index (κ3) is 3.31. The van der Waals surface area contributed by atoms with Crippen molar-refractivity contribution in [3.63, 3.8) is 0 Å². The van der Waals surface area contributed by atoms with Gasteiger partial charge in [0.25, 0.3) is 0 Å². The minimum absolute atomic E-state index is 0.0685. The summed E-state index contributed by atoms with van der Waals surface area (Å²) < 4.78 is 0. The van der Waals surface area contributed by atoms with E-state index < -0.39 is 6.09 Å². The molecule has 3 rings (SSSR count). The van der Waals surface area contributed by atoms with Gasteiger partial charge < -0.3 is 25.5 Å². The average molecular weight is 367 g/mol. The minimum atomic E-state index is -1.27. The van der Waals surface area contributed by atoms with Gasteiger partial charge in [-0.1, -0.05) is 11.6 Å². The normalized spacial score (nSPS) is 13.4. The van der Waals surface area contributed by atoms with Crippen LogP contribution in [0.25, 0.3) is 11.3 Å². The number of hydrogen-bond acceptors (Lipinski definition) is 5. The predicted octanol–water partition coefficient (Wildman–Crippen LogP) is 1.29. The van der Waals surface area contributed by atoms with E-state index in [1.54, 1.807) is 0 Å². The molecule has 2 heterocycles. The Morgan fingerprint density at radius 3 is 2.80 bits per heavy atom. The van der Waals surface area contributed by atoms with E-state index in [9.17, 15) is 19.8 Å². The second kappa shape index (κ2) is 6.52. The molecule has 1 aliphatic rings. The number of H-pyrrole nitrogens is 1. The first-order chi connectivity index (χ1) is 11.9. The summed E-state index contributed by atoms with van der Waals surface area (Å²) in [5.41, 5.74) is 2.30. The fraction of sp³-hybridized carbons (Fsp3) is 0.267. The number of phenolic OH excluding ortho intramolecular Hbond substituents is 2. The molecule has 0 atom stereocenters. The summed E-state index contributed by atoms with van der Waals surface area (Å²) in [7, 11) is 0. The second-order valence-electron chi connectivity index (χ2n) is 5.57. The maximum atomic E-state index is 12.1. The number of carbonyl (C=O) groups is 2. The first kappa shape index (κ1) is 16.9. The van der Waals surface area contributed by atoms with E-state index in [0.717, 1.165) is 11.8 Å². The van der Waals surface area contributed by atoms with Crippen LogP contribution >= 0.6 is 11.6 Å². The number of aromatic hydroxyl groups is 2. The van der Waals surface area contributed by atoms with Crippen molar-refractivity contribution < 1.29 is 24.9 Å². The molecule has 0 saturated carbocycles. The highest BCUT2D eigenvalue weighted by Gasteiger charge is 2.27. The van der Waals surface area contributed by atoms with Crippen LogP contribution in [0.5, 0.6) is 11.5 Å². The van der Waals surface area contributed by atoms with E-state index in [2.05, 4.69) is 10.2 Å². The first-order valence-electron chi connectivity index (χ1n) is 7.39. The number of halogens is 1. The van der Waals surface area contributed by atoms with Gasteiger partial charge >= 0.3 is 6.09 Å². The van der Waals surface area contributed by atoms with Crippen LogP contribution in [-0.2, 0) is 17.8 Å². The molecule has 0 saturated heterocycles. The van der Waals surface area contributed by atoms with Crippen molar-refractivity contribution in [2.24, 2.45) is 0 Å². The summed E-state index contributed by atoms with van der Waals surface area (Å²) in [5, 5.41) is 37.4. The van der Waals surface area contributed by atoms with Crippen molar-refractivity contribution in [3.05, 3.63) is 28.4 Å². The zero-order valence-electron chi connectivity index (χ0n) is 12.9. The first-order valence-corrected chi connectivity index (χ1v) is 7.77. The Hall–Kier alpha value is -2.94. The Bertz CT molecular complexity index is 851.